The van der Waals surface area contributed by atoms with Gasteiger partial charge in [-0.3, -0.25) is 0 Å². The fourth-order valence-corrected chi connectivity index (χ4v) is 0. The monoisotopic (exact) mass is 156 g/mol. The Labute approximate surface area is 55.6 Å². The minimum atomic E-state index is -1.17. The van der Waals surface area contributed by atoms with E-state index in [0.29, 0.717) is 0 Å². The minimum absolute atomic E-state index is 0.917. The van der Waals surface area contributed by atoms with Gasteiger partial charge in [0.25, 0.3) is 0 Å². The molecule has 42 valence electrons. The molecule has 0 spiro atoms. The lowest BCUT2D eigenvalue weighted by molar-refractivity contribution is 0.417. The fraction of sp³-hybridized carbons (Fsp3) is 1.00. The summed E-state index contributed by atoms with van der Waals surface area (Å²) in [7, 11) is -0.250. The third-order valence-electron chi connectivity index (χ3n) is 0. The van der Waals surface area contributed by atoms with E-state index >= 15 is 0 Å². The molecule has 0 saturated carbocycles. The van der Waals surface area contributed by atoms with Crippen LogP contribution in [-0.2, 0) is 31.3 Å². The van der Waals surface area contributed by atoms with Crippen LogP contribution in [0.5, 0.6) is 0 Å². The molecule has 0 aromatic heterocycles. The second-order valence-electron chi connectivity index (χ2n) is 0.700. The first-order valence-electron chi connectivity index (χ1n) is 1.43. The quantitative estimate of drug-likeness (QED) is 0.445. The molecule has 0 aliphatic carbocycles. The third-order valence-corrected chi connectivity index (χ3v) is 0. The average molecular weight is 156 g/mol. The van der Waals surface area contributed by atoms with E-state index in [1.165, 1.54) is 6.82 Å². The zero-order chi connectivity index (χ0) is 6.28. The molecule has 0 radical (unpaired) electrons. The summed E-state index contributed by atoms with van der Waals surface area (Å²) < 4.78 is 0. The molecule has 0 saturated heterocycles. The Morgan fingerprint density at radius 3 is 1.43 bits per heavy atom. The van der Waals surface area contributed by atoms with Crippen molar-refractivity contribution in [3.63, 3.8) is 0 Å². The van der Waals surface area contributed by atoms with E-state index in [2.05, 4.69) is 22.4 Å². The first-order chi connectivity index (χ1) is 3.15. The van der Waals surface area contributed by atoms with Gasteiger partial charge < -0.3 is 10.0 Å². The van der Waals surface area contributed by atoms with Gasteiger partial charge in [-0.15, -0.1) is 0 Å². The van der Waals surface area contributed by atoms with Crippen LogP contribution in [0, 0.1) is 0 Å². The minimum Gasteiger partial charge on any atom is -0.427 e. The molecular formula is CH5BO2S3. The van der Waals surface area contributed by atoms with Crippen molar-refractivity contribution in [2.75, 3.05) is 0 Å². The topological polar surface area (TPSA) is 40.5 Å². The van der Waals surface area contributed by atoms with Crippen molar-refractivity contribution in [2.45, 2.75) is 6.82 Å². The van der Waals surface area contributed by atoms with E-state index < -0.39 is 7.12 Å². The Balaban J connectivity index is 0. The zero-order valence-electron chi connectivity index (χ0n) is 3.70. The molecule has 0 aliphatic rings. The van der Waals surface area contributed by atoms with E-state index in [9.17, 15) is 0 Å². The molecule has 0 aromatic rings. The molecule has 0 aliphatic heterocycles. The first kappa shape index (κ1) is 10.6. The van der Waals surface area contributed by atoms with Crippen LogP contribution in [0.1, 0.15) is 0 Å². The summed E-state index contributed by atoms with van der Waals surface area (Å²) in [5.74, 6) is 0. The van der Waals surface area contributed by atoms with Crippen molar-refractivity contribution in [3.05, 3.63) is 0 Å². The van der Waals surface area contributed by atoms with E-state index in [4.69, 9.17) is 10.0 Å². The lowest BCUT2D eigenvalue weighted by atomic mass is 9.99. The summed E-state index contributed by atoms with van der Waals surface area (Å²) in [6.45, 7) is 1.28. The molecular weight excluding hydrogens is 151 g/mol. The second kappa shape index (κ2) is 9.81. The van der Waals surface area contributed by atoms with Gasteiger partial charge >= 0.3 is 7.12 Å². The zero-order valence-corrected chi connectivity index (χ0v) is 6.15. The summed E-state index contributed by atoms with van der Waals surface area (Å²) >= 11 is 8.25. The highest BCUT2D eigenvalue weighted by atomic mass is 33.1. The van der Waals surface area contributed by atoms with Crippen LogP contribution in [-0.4, -0.2) is 17.2 Å². The van der Waals surface area contributed by atoms with Crippen molar-refractivity contribution >= 4 is 38.4 Å². The van der Waals surface area contributed by atoms with Crippen LogP contribution in [0.4, 0.5) is 0 Å². The maximum atomic E-state index is 7.61. The Morgan fingerprint density at radius 1 is 1.43 bits per heavy atom. The van der Waals surface area contributed by atoms with Crippen LogP contribution in [0.3, 0.4) is 0 Å². The first-order valence-corrected chi connectivity index (χ1v) is 4.09. The third kappa shape index (κ3) is 345. The smallest absolute Gasteiger partial charge is 0.427 e. The van der Waals surface area contributed by atoms with E-state index in [-0.39, 0.29) is 0 Å². The van der Waals surface area contributed by atoms with Gasteiger partial charge in [-0.2, -0.15) is 0 Å². The molecule has 0 unspecified atom stereocenters. The average Bonchev–Trinajstić information content (AvgIpc) is 1.33. The van der Waals surface area contributed by atoms with Gasteiger partial charge in [0.05, 0.1) is 0 Å². The molecule has 2 N–H and O–H groups in total. The van der Waals surface area contributed by atoms with Crippen LogP contribution >= 0.6 is 0 Å². The molecule has 7 heavy (non-hydrogen) atoms. The number of rotatable bonds is 0. The fourth-order valence-electron chi connectivity index (χ4n) is 0. The highest BCUT2D eigenvalue weighted by Crippen LogP contribution is 1.51. The van der Waals surface area contributed by atoms with Gasteiger partial charge in [0.1, 0.15) is 0 Å². The lowest BCUT2D eigenvalue weighted by Crippen LogP contribution is -2.00. The van der Waals surface area contributed by atoms with Crippen molar-refractivity contribution in [1.82, 2.24) is 0 Å². The van der Waals surface area contributed by atoms with Gasteiger partial charge in [-0.1, -0.05) is 0 Å². The van der Waals surface area contributed by atoms with Crippen molar-refractivity contribution in [3.8, 4) is 0 Å². The predicted molar refractivity (Wildman–Crippen MR) is 38.2 cm³/mol. The Morgan fingerprint density at radius 2 is 1.43 bits per heavy atom. The summed E-state index contributed by atoms with van der Waals surface area (Å²) in [6, 6.07) is 0. The van der Waals surface area contributed by atoms with Crippen LogP contribution in [0.2, 0.25) is 6.82 Å². The lowest BCUT2D eigenvalue weighted by Gasteiger charge is -1.71. The van der Waals surface area contributed by atoms with Crippen molar-refractivity contribution in [1.29, 1.82) is 0 Å². The van der Waals surface area contributed by atoms with Gasteiger partial charge in [-0.05, 0) is 6.82 Å². The Kier molecular flexibility index (Phi) is 14.9. The SMILES string of the molecule is CB(O)O.S=S=S. The maximum Gasteiger partial charge on any atom is 0.448 e. The van der Waals surface area contributed by atoms with Gasteiger partial charge in [0.15, 0.2) is 0 Å². The summed E-state index contributed by atoms with van der Waals surface area (Å²) in [6.07, 6.45) is 0. The Hall–Kier alpha value is 0.645. The normalized spacial score (nSPS) is 5.57. The van der Waals surface area contributed by atoms with E-state index in [1.807, 2.05) is 0 Å². The molecule has 2 nitrogen and oxygen atoms in total. The Bertz CT molecular complexity index is 55.2. The molecule has 0 amide bonds. The highest BCUT2D eigenvalue weighted by Gasteiger charge is 1.86. The highest BCUT2D eigenvalue weighted by molar-refractivity contribution is 8.37. The summed E-state index contributed by atoms with van der Waals surface area (Å²) in [4.78, 5) is 0. The molecule has 0 fully saturated rings. The van der Waals surface area contributed by atoms with E-state index in [0.717, 1.165) is 8.88 Å². The summed E-state index contributed by atoms with van der Waals surface area (Å²) in [5.41, 5.74) is 0. The van der Waals surface area contributed by atoms with Crippen molar-refractivity contribution in [2.24, 2.45) is 0 Å². The standard InChI is InChI=1S/CH5BO2.S3/c1-2(3)4;1-3-2/h3-4H,1H3;. The van der Waals surface area contributed by atoms with Gasteiger partial charge in [0.2, 0.25) is 0 Å². The molecule has 0 bridgehead atoms. The van der Waals surface area contributed by atoms with E-state index in [1.54, 1.807) is 0 Å². The molecule has 0 aromatic carbocycles. The number of hydrogen-bond acceptors (Lipinski definition) is 4. The maximum absolute atomic E-state index is 7.61. The van der Waals surface area contributed by atoms with Gasteiger partial charge in [0, 0.05) is 31.3 Å². The summed E-state index contributed by atoms with van der Waals surface area (Å²) in [5, 5.41) is 15.2. The largest absolute Gasteiger partial charge is 0.448 e. The predicted octanol–water partition coefficient (Wildman–Crippen LogP) is -0.918. The molecule has 0 atom stereocenters. The molecule has 6 heteroatoms. The van der Waals surface area contributed by atoms with Crippen LogP contribution < -0.4 is 0 Å². The molecule has 0 rings (SSSR count). The second-order valence-corrected chi connectivity index (χ2v) is 2.47. The molecule has 0 heterocycles. The number of hydrogen-bond donors (Lipinski definition) is 2. The van der Waals surface area contributed by atoms with Crippen LogP contribution in [0.25, 0.3) is 0 Å². The van der Waals surface area contributed by atoms with Gasteiger partial charge in [-0.25, -0.2) is 0 Å². The van der Waals surface area contributed by atoms with Crippen molar-refractivity contribution < 1.29 is 10.0 Å². The van der Waals surface area contributed by atoms with Crippen LogP contribution in [0.15, 0.2) is 0 Å².